The van der Waals surface area contributed by atoms with Crippen molar-refractivity contribution in [2.45, 2.75) is 26.3 Å². The molecule has 3 aromatic rings. The van der Waals surface area contributed by atoms with Crippen molar-refractivity contribution in [1.29, 1.82) is 0 Å². The lowest BCUT2D eigenvalue weighted by Crippen LogP contribution is -2.49. The number of benzene rings is 1. The van der Waals surface area contributed by atoms with Gasteiger partial charge in [0.05, 0.1) is 10.9 Å². The SMILES string of the molecule is CCc1nc2sc([C@H](c3cccc(Cl)c3)N3CCN(C(C)=O)CC3)c(O)n2n1. The lowest BCUT2D eigenvalue weighted by atomic mass is 10.0. The number of aryl methyl sites for hydroxylation is 1. The van der Waals surface area contributed by atoms with Gasteiger partial charge in [0, 0.05) is 44.5 Å². The van der Waals surface area contributed by atoms with Crippen LogP contribution in [0.1, 0.15) is 36.2 Å². The Morgan fingerprint density at radius 2 is 2.07 bits per heavy atom. The monoisotopic (exact) mass is 419 g/mol. The molecule has 0 aliphatic carbocycles. The van der Waals surface area contributed by atoms with Crippen LogP contribution in [0.4, 0.5) is 0 Å². The first-order valence-corrected chi connectivity index (χ1v) is 10.5. The first-order chi connectivity index (χ1) is 13.5. The second kappa shape index (κ2) is 7.69. The predicted octanol–water partition coefficient (Wildman–Crippen LogP) is 2.97. The second-order valence-electron chi connectivity index (χ2n) is 6.87. The average molecular weight is 420 g/mol. The van der Waals surface area contributed by atoms with E-state index >= 15 is 0 Å². The molecule has 0 saturated carbocycles. The number of thiazole rings is 1. The van der Waals surface area contributed by atoms with Gasteiger partial charge in [-0.3, -0.25) is 9.69 Å². The summed E-state index contributed by atoms with van der Waals surface area (Å²) in [6.07, 6.45) is 0.716. The molecule has 7 nitrogen and oxygen atoms in total. The van der Waals surface area contributed by atoms with Gasteiger partial charge in [-0.1, -0.05) is 42.0 Å². The Balaban J connectivity index is 1.74. The minimum absolute atomic E-state index is 0.0905. The molecule has 1 aliphatic rings. The molecule has 2 aromatic heterocycles. The number of rotatable bonds is 4. The number of piperazine rings is 1. The van der Waals surface area contributed by atoms with Crippen LogP contribution >= 0.6 is 22.9 Å². The van der Waals surface area contributed by atoms with E-state index in [0.29, 0.717) is 48.4 Å². The molecule has 1 atom stereocenters. The summed E-state index contributed by atoms with van der Waals surface area (Å²) < 4.78 is 1.52. The third-order valence-corrected chi connectivity index (χ3v) is 6.40. The fourth-order valence-corrected chi connectivity index (χ4v) is 4.95. The van der Waals surface area contributed by atoms with Crippen LogP contribution in [-0.4, -0.2) is 61.6 Å². The lowest BCUT2D eigenvalue weighted by Gasteiger charge is -2.38. The van der Waals surface area contributed by atoms with Crippen molar-refractivity contribution < 1.29 is 9.90 Å². The third-order valence-electron chi connectivity index (χ3n) is 5.10. The molecule has 0 radical (unpaired) electrons. The number of carbonyl (C=O) groups excluding carboxylic acids is 1. The molecule has 4 rings (SSSR count). The molecule has 3 heterocycles. The van der Waals surface area contributed by atoms with Gasteiger partial charge in [-0.05, 0) is 17.7 Å². The maximum absolute atomic E-state index is 11.7. The highest BCUT2D eigenvalue weighted by Gasteiger charge is 2.32. The molecule has 9 heteroatoms. The Bertz CT molecular complexity index is 1010. The quantitative estimate of drug-likeness (QED) is 0.703. The molecule has 1 aromatic carbocycles. The van der Waals surface area contributed by atoms with Crippen molar-refractivity contribution in [3.63, 3.8) is 0 Å². The van der Waals surface area contributed by atoms with Crippen LogP contribution in [0.2, 0.25) is 5.02 Å². The van der Waals surface area contributed by atoms with Crippen molar-refractivity contribution >= 4 is 33.8 Å². The average Bonchev–Trinajstić information content (AvgIpc) is 3.22. The van der Waals surface area contributed by atoms with Crippen LogP contribution in [0.15, 0.2) is 24.3 Å². The van der Waals surface area contributed by atoms with E-state index in [1.54, 1.807) is 6.92 Å². The number of hydrogen-bond acceptors (Lipinski definition) is 6. The summed E-state index contributed by atoms with van der Waals surface area (Å²) in [5, 5.41) is 16.0. The van der Waals surface area contributed by atoms with Gasteiger partial charge in [0.25, 0.3) is 0 Å². The number of halogens is 1. The molecule has 1 fully saturated rings. The fraction of sp³-hybridized carbons (Fsp3) is 0.421. The van der Waals surface area contributed by atoms with E-state index in [-0.39, 0.29) is 17.8 Å². The van der Waals surface area contributed by atoms with Crippen LogP contribution in [0.3, 0.4) is 0 Å². The van der Waals surface area contributed by atoms with Crippen LogP contribution in [0.25, 0.3) is 4.96 Å². The zero-order valence-corrected chi connectivity index (χ0v) is 17.4. The fourth-order valence-electron chi connectivity index (χ4n) is 3.62. The van der Waals surface area contributed by atoms with Crippen molar-refractivity contribution in [2.75, 3.05) is 26.2 Å². The van der Waals surface area contributed by atoms with Gasteiger partial charge in [0.1, 0.15) is 0 Å². The van der Waals surface area contributed by atoms with E-state index in [1.165, 1.54) is 15.9 Å². The summed E-state index contributed by atoms with van der Waals surface area (Å²) >= 11 is 7.70. The van der Waals surface area contributed by atoms with Crippen molar-refractivity contribution in [2.24, 2.45) is 0 Å². The largest absolute Gasteiger partial charge is 0.492 e. The minimum atomic E-state index is -0.175. The van der Waals surface area contributed by atoms with Crippen LogP contribution in [-0.2, 0) is 11.2 Å². The Morgan fingerprint density at radius 1 is 1.32 bits per heavy atom. The van der Waals surface area contributed by atoms with Gasteiger partial charge in [-0.15, -0.1) is 5.10 Å². The van der Waals surface area contributed by atoms with Gasteiger partial charge >= 0.3 is 0 Å². The van der Waals surface area contributed by atoms with E-state index in [4.69, 9.17) is 11.6 Å². The first kappa shape index (κ1) is 19.2. The van der Waals surface area contributed by atoms with Crippen molar-refractivity contribution in [3.8, 4) is 5.88 Å². The van der Waals surface area contributed by atoms with Crippen LogP contribution < -0.4 is 0 Å². The molecule has 1 saturated heterocycles. The Hall–Kier alpha value is -2.16. The van der Waals surface area contributed by atoms with Crippen molar-refractivity contribution in [3.05, 3.63) is 45.6 Å². The summed E-state index contributed by atoms with van der Waals surface area (Å²) in [5.74, 6) is 0.918. The number of nitrogens with zero attached hydrogens (tertiary/aromatic N) is 5. The lowest BCUT2D eigenvalue weighted by molar-refractivity contribution is -0.130. The van der Waals surface area contributed by atoms with Gasteiger partial charge in [-0.2, -0.15) is 4.52 Å². The summed E-state index contributed by atoms with van der Waals surface area (Å²) in [4.78, 5) is 21.8. The molecule has 148 valence electrons. The Kier molecular flexibility index (Phi) is 5.27. The highest BCUT2D eigenvalue weighted by Crippen LogP contribution is 2.40. The van der Waals surface area contributed by atoms with E-state index < -0.39 is 0 Å². The van der Waals surface area contributed by atoms with E-state index in [9.17, 15) is 9.90 Å². The highest BCUT2D eigenvalue weighted by atomic mass is 35.5. The number of carbonyl (C=O) groups is 1. The number of aromatic hydroxyl groups is 1. The molecule has 0 bridgehead atoms. The molecule has 0 spiro atoms. The normalized spacial score (nSPS) is 16.6. The van der Waals surface area contributed by atoms with Gasteiger partial charge < -0.3 is 10.0 Å². The Morgan fingerprint density at radius 3 is 2.68 bits per heavy atom. The molecular weight excluding hydrogens is 398 g/mol. The summed E-state index contributed by atoms with van der Waals surface area (Å²) in [6, 6.07) is 7.52. The smallest absolute Gasteiger partial charge is 0.230 e. The van der Waals surface area contributed by atoms with E-state index in [0.717, 1.165) is 10.4 Å². The maximum atomic E-state index is 11.7. The summed E-state index contributed by atoms with van der Waals surface area (Å²) in [7, 11) is 0. The molecule has 1 N–H and O–H groups in total. The van der Waals surface area contributed by atoms with E-state index in [1.807, 2.05) is 36.1 Å². The number of aromatic nitrogens is 3. The zero-order valence-electron chi connectivity index (χ0n) is 15.8. The van der Waals surface area contributed by atoms with Crippen LogP contribution in [0.5, 0.6) is 5.88 Å². The van der Waals surface area contributed by atoms with Crippen LogP contribution in [0, 0.1) is 0 Å². The van der Waals surface area contributed by atoms with Crippen molar-refractivity contribution in [1.82, 2.24) is 24.4 Å². The predicted molar refractivity (Wildman–Crippen MR) is 109 cm³/mol. The summed E-state index contributed by atoms with van der Waals surface area (Å²) in [6.45, 7) is 6.33. The molecule has 1 amide bonds. The number of fused-ring (bicyclic) bond motifs is 1. The molecule has 0 unspecified atom stereocenters. The summed E-state index contributed by atoms with van der Waals surface area (Å²) in [5.41, 5.74) is 0.999. The van der Waals surface area contributed by atoms with Gasteiger partial charge in [-0.25, -0.2) is 4.98 Å². The highest BCUT2D eigenvalue weighted by molar-refractivity contribution is 7.17. The standard InChI is InChI=1S/C19H22ClN5O2S/c1-3-15-21-19-25(22-15)18(27)17(28-19)16(13-5-4-6-14(20)11-13)24-9-7-23(8-10-24)12(2)26/h4-6,11,16,27H,3,7-10H2,1-2H3/t16-/m0/s1. The minimum Gasteiger partial charge on any atom is -0.492 e. The number of amides is 1. The topological polar surface area (TPSA) is 74.0 Å². The van der Waals surface area contributed by atoms with E-state index in [2.05, 4.69) is 15.0 Å². The Labute approximate surface area is 172 Å². The third kappa shape index (κ3) is 3.47. The molecule has 1 aliphatic heterocycles. The van der Waals surface area contributed by atoms with Gasteiger partial charge in [0.2, 0.25) is 16.7 Å². The maximum Gasteiger partial charge on any atom is 0.230 e. The van der Waals surface area contributed by atoms with Gasteiger partial charge in [0.15, 0.2) is 5.82 Å². The number of hydrogen-bond donors (Lipinski definition) is 1. The first-order valence-electron chi connectivity index (χ1n) is 9.30. The molecular formula is C19H22ClN5O2S. The molecule has 28 heavy (non-hydrogen) atoms. The second-order valence-corrected chi connectivity index (χ2v) is 8.31. The zero-order chi connectivity index (χ0) is 19.8.